The van der Waals surface area contributed by atoms with Crippen molar-refractivity contribution in [2.24, 2.45) is 17.3 Å². The molecule has 1 aromatic rings. The zero-order valence-corrected chi connectivity index (χ0v) is 13.8. The lowest BCUT2D eigenvalue weighted by molar-refractivity contribution is 0.0402. The molecular formula is C21H32. The van der Waals surface area contributed by atoms with Crippen LogP contribution in [0.3, 0.4) is 0 Å². The topological polar surface area (TPSA) is 0 Å². The van der Waals surface area contributed by atoms with Crippen LogP contribution in [0.2, 0.25) is 0 Å². The molecule has 0 aliphatic heterocycles. The van der Waals surface area contributed by atoms with E-state index in [4.69, 9.17) is 0 Å². The summed E-state index contributed by atoms with van der Waals surface area (Å²) in [6.07, 6.45) is 16.1. The van der Waals surface area contributed by atoms with Crippen LogP contribution in [-0.4, -0.2) is 0 Å². The molecule has 0 nitrogen and oxygen atoms in total. The molecule has 0 unspecified atom stereocenters. The van der Waals surface area contributed by atoms with E-state index in [1.54, 1.807) is 5.56 Å². The van der Waals surface area contributed by atoms with E-state index >= 15 is 0 Å². The molecule has 0 amide bonds. The molecule has 2 aliphatic rings. The summed E-state index contributed by atoms with van der Waals surface area (Å²) >= 11 is 0. The fourth-order valence-corrected chi connectivity index (χ4v) is 5.18. The van der Waals surface area contributed by atoms with Gasteiger partial charge in [0.05, 0.1) is 0 Å². The van der Waals surface area contributed by atoms with Crippen molar-refractivity contribution in [2.45, 2.75) is 77.6 Å². The lowest BCUT2D eigenvalue weighted by Gasteiger charge is -2.47. The molecule has 116 valence electrons. The smallest absolute Gasteiger partial charge is 0.0219 e. The summed E-state index contributed by atoms with van der Waals surface area (Å²) in [6, 6.07) is 11.3. The van der Waals surface area contributed by atoms with Crippen LogP contribution in [-0.2, 0) is 6.42 Å². The molecule has 0 saturated heterocycles. The third-order valence-electron chi connectivity index (χ3n) is 6.50. The molecule has 2 saturated carbocycles. The Balaban J connectivity index is 1.81. The second-order valence-electron chi connectivity index (χ2n) is 7.84. The summed E-state index contributed by atoms with van der Waals surface area (Å²) in [6.45, 7) is 2.64. The zero-order chi connectivity index (χ0) is 14.5. The Morgan fingerprint density at radius 2 is 1.24 bits per heavy atom. The Morgan fingerprint density at radius 1 is 0.762 bits per heavy atom. The quantitative estimate of drug-likeness (QED) is 0.600. The zero-order valence-electron chi connectivity index (χ0n) is 13.8. The predicted molar refractivity (Wildman–Crippen MR) is 91.4 cm³/mol. The van der Waals surface area contributed by atoms with Gasteiger partial charge in [-0.05, 0) is 54.9 Å². The predicted octanol–water partition coefficient (Wildman–Crippen LogP) is 6.40. The molecule has 0 heterocycles. The Hall–Kier alpha value is -0.780. The fourth-order valence-electron chi connectivity index (χ4n) is 5.18. The third-order valence-corrected chi connectivity index (χ3v) is 6.50. The highest BCUT2D eigenvalue weighted by atomic mass is 14.5. The van der Waals surface area contributed by atoms with Crippen molar-refractivity contribution in [1.82, 2.24) is 0 Å². The molecule has 0 N–H and O–H groups in total. The molecule has 3 rings (SSSR count). The van der Waals surface area contributed by atoms with E-state index in [-0.39, 0.29) is 0 Å². The Kier molecular flexibility index (Phi) is 5.03. The van der Waals surface area contributed by atoms with Crippen molar-refractivity contribution in [3.05, 3.63) is 35.9 Å². The Labute approximate surface area is 131 Å². The summed E-state index contributed by atoms with van der Waals surface area (Å²) in [5.41, 5.74) is 2.11. The molecule has 1 aromatic carbocycles. The van der Waals surface area contributed by atoms with E-state index in [0.717, 1.165) is 11.8 Å². The molecule has 0 aromatic heterocycles. The van der Waals surface area contributed by atoms with E-state index in [0.29, 0.717) is 5.41 Å². The summed E-state index contributed by atoms with van der Waals surface area (Å²) in [5, 5.41) is 0. The average molecular weight is 284 g/mol. The number of rotatable bonds is 4. The molecule has 0 heteroatoms. The van der Waals surface area contributed by atoms with Crippen LogP contribution in [0.15, 0.2) is 30.3 Å². The van der Waals surface area contributed by atoms with Crippen LogP contribution in [0.4, 0.5) is 0 Å². The van der Waals surface area contributed by atoms with Crippen molar-refractivity contribution >= 4 is 0 Å². The first kappa shape index (κ1) is 15.1. The molecule has 0 atom stereocenters. The molecule has 2 aliphatic carbocycles. The maximum Gasteiger partial charge on any atom is -0.0219 e. The number of hydrogen-bond acceptors (Lipinski definition) is 0. The van der Waals surface area contributed by atoms with Crippen molar-refractivity contribution in [1.29, 1.82) is 0 Å². The minimum absolute atomic E-state index is 0.544. The van der Waals surface area contributed by atoms with Gasteiger partial charge in [0.1, 0.15) is 0 Å². The van der Waals surface area contributed by atoms with Crippen LogP contribution in [0.1, 0.15) is 76.7 Å². The van der Waals surface area contributed by atoms with Gasteiger partial charge in [-0.25, -0.2) is 0 Å². The molecule has 2 fully saturated rings. The van der Waals surface area contributed by atoms with Gasteiger partial charge in [0.2, 0.25) is 0 Å². The maximum atomic E-state index is 2.64. The molecule has 0 spiro atoms. The second kappa shape index (κ2) is 6.99. The normalized spacial score (nSPS) is 22.3. The summed E-state index contributed by atoms with van der Waals surface area (Å²) in [5.74, 6) is 1.93. The Morgan fingerprint density at radius 3 is 1.71 bits per heavy atom. The number of benzene rings is 1. The highest BCUT2D eigenvalue weighted by Crippen LogP contribution is 2.50. The van der Waals surface area contributed by atoms with E-state index in [2.05, 4.69) is 37.3 Å². The summed E-state index contributed by atoms with van der Waals surface area (Å²) in [4.78, 5) is 0. The van der Waals surface area contributed by atoms with Crippen LogP contribution in [0.5, 0.6) is 0 Å². The molecule has 0 radical (unpaired) electrons. The first-order valence-electron chi connectivity index (χ1n) is 9.33. The van der Waals surface area contributed by atoms with Gasteiger partial charge >= 0.3 is 0 Å². The van der Waals surface area contributed by atoms with Gasteiger partial charge in [-0.3, -0.25) is 0 Å². The third kappa shape index (κ3) is 3.52. The van der Waals surface area contributed by atoms with E-state index < -0.39 is 0 Å². The van der Waals surface area contributed by atoms with Crippen molar-refractivity contribution in [3.8, 4) is 0 Å². The average Bonchev–Trinajstić information content (AvgIpc) is 2.57. The molecule has 0 bridgehead atoms. The SMILES string of the molecule is CC(Cc1ccccc1)(C1CCCCC1)C1CCCCC1. The summed E-state index contributed by atoms with van der Waals surface area (Å²) < 4.78 is 0. The lowest BCUT2D eigenvalue weighted by Crippen LogP contribution is -2.39. The van der Waals surface area contributed by atoms with Gasteiger partial charge < -0.3 is 0 Å². The Bertz CT molecular complexity index is 389. The van der Waals surface area contributed by atoms with Crippen LogP contribution >= 0.6 is 0 Å². The van der Waals surface area contributed by atoms with E-state index in [1.807, 2.05) is 0 Å². The van der Waals surface area contributed by atoms with Crippen molar-refractivity contribution in [2.75, 3.05) is 0 Å². The van der Waals surface area contributed by atoms with Crippen LogP contribution in [0, 0.1) is 17.3 Å². The number of hydrogen-bond donors (Lipinski definition) is 0. The van der Waals surface area contributed by atoms with E-state index in [1.165, 1.54) is 70.6 Å². The van der Waals surface area contributed by atoms with Crippen molar-refractivity contribution < 1.29 is 0 Å². The first-order valence-corrected chi connectivity index (χ1v) is 9.33. The van der Waals surface area contributed by atoms with Gasteiger partial charge in [0, 0.05) is 0 Å². The lowest BCUT2D eigenvalue weighted by atomic mass is 9.58. The minimum Gasteiger partial charge on any atom is -0.0622 e. The maximum absolute atomic E-state index is 2.64. The van der Waals surface area contributed by atoms with Crippen LogP contribution in [0.25, 0.3) is 0 Å². The van der Waals surface area contributed by atoms with Gasteiger partial charge in [-0.1, -0.05) is 75.8 Å². The highest BCUT2D eigenvalue weighted by Gasteiger charge is 2.41. The van der Waals surface area contributed by atoms with Gasteiger partial charge in [-0.15, -0.1) is 0 Å². The molecule has 21 heavy (non-hydrogen) atoms. The summed E-state index contributed by atoms with van der Waals surface area (Å²) in [7, 11) is 0. The van der Waals surface area contributed by atoms with Crippen LogP contribution < -0.4 is 0 Å². The van der Waals surface area contributed by atoms with Crippen molar-refractivity contribution in [3.63, 3.8) is 0 Å². The van der Waals surface area contributed by atoms with Gasteiger partial charge in [-0.2, -0.15) is 0 Å². The van der Waals surface area contributed by atoms with Gasteiger partial charge in [0.25, 0.3) is 0 Å². The first-order chi connectivity index (χ1) is 10.3. The van der Waals surface area contributed by atoms with Gasteiger partial charge in [0.15, 0.2) is 0 Å². The standard InChI is InChI=1S/C21H32/c1-21(19-13-7-3-8-14-19,20-15-9-4-10-16-20)17-18-11-5-2-6-12-18/h2,5-6,11-12,19-20H,3-4,7-10,13-17H2,1H3. The monoisotopic (exact) mass is 284 g/mol. The largest absolute Gasteiger partial charge is 0.0622 e. The fraction of sp³-hybridized carbons (Fsp3) is 0.714. The molecular weight excluding hydrogens is 252 g/mol. The van der Waals surface area contributed by atoms with E-state index in [9.17, 15) is 0 Å². The minimum atomic E-state index is 0.544. The highest BCUT2D eigenvalue weighted by molar-refractivity contribution is 5.17. The second-order valence-corrected chi connectivity index (χ2v) is 7.84.